The van der Waals surface area contributed by atoms with Crippen molar-refractivity contribution >= 4 is 5.69 Å². The Kier molecular flexibility index (Phi) is 15.9. The maximum absolute atomic E-state index is 5.30. The Balaban J connectivity index is 0.000000265. The van der Waals surface area contributed by atoms with Crippen LogP contribution in [0.25, 0.3) is 0 Å². The Morgan fingerprint density at radius 1 is 1.14 bits per heavy atom. The van der Waals surface area contributed by atoms with Crippen LogP contribution >= 0.6 is 0 Å². The van der Waals surface area contributed by atoms with Gasteiger partial charge in [-0.05, 0) is 44.6 Å². The molecule has 6 heteroatoms. The maximum atomic E-state index is 5.30. The summed E-state index contributed by atoms with van der Waals surface area (Å²) in [6.45, 7) is 8.99. The van der Waals surface area contributed by atoms with Gasteiger partial charge in [0, 0.05) is 25.5 Å². The van der Waals surface area contributed by atoms with Gasteiger partial charge >= 0.3 is 0 Å². The molecule has 6 nitrogen and oxygen atoms in total. The Morgan fingerprint density at radius 2 is 1.71 bits per heavy atom. The Morgan fingerprint density at radius 3 is 1.90 bits per heavy atom. The van der Waals surface area contributed by atoms with Crippen LogP contribution in [0.2, 0.25) is 0 Å². The fourth-order valence-corrected chi connectivity index (χ4v) is 1.52. The van der Waals surface area contributed by atoms with Crippen LogP contribution in [0.5, 0.6) is 0 Å². The first-order valence-electron chi connectivity index (χ1n) is 7.66. The minimum Gasteiger partial charge on any atom is -0.397 e. The summed E-state index contributed by atoms with van der Waals surface area (Å²) < 4.78 is 5.01. The first-order chi connectivity index (χ1) is 10.3. The highest BCUT2D eigenvalue weighted by atomic mass is 16.5. The van der Waals surface area contributed by atoms with E-state index in [1.807, 2.05) is 6.92 Å². The lowest BCUT2D eigenvalue weighted by molar-refractivity contribution is 0.109. The number of nitrogens with zero attached hydrogens (tertiary/aromatic N) is 1. The van der Waals surface area contributed by atoms with Gasteiger partial charge in [-0.1, -0.05) is 6.92 Å². The molecule has 3 rings (SSSR count). The molecule has 0 atom stereocenters. The first-order valence-corrected chi connectivity index (χ1v) is 7.66. The number of hydrogen-bond donors (Lipinski definition) is 4. The summed E-state index contributed by atoms with van der Waals surface area (Å²) in [6, 6.07) is 3.60. The SMILES string of the molecule is C1CCNC1.C1COCCN1.CCN.Nc1cccnc1. The van der Waals surface area contributed by atoms with Gasteiger partial charge in [-0.2, -0.15) is 0 Å². The molecule has 6 N–H and O–H groups in total. The molecular formula is C15H31N5O. The average molecular weight is 297 g/mol. The van der Waals surface area contributed by atoms with E-state index in [1.54, 1.807) is 24.5 Å². The van der Waals surface area contributed by atoms with Crippen molar-refractivity contribution < 1.29 is 4.74 Å². The molecule has 0 aromatic carbocycles. The Hall–Kier alpha value is -1.21. The highest BCUT2D eigenvalue weighted by molar-refractivity contribution is 5.32. The zero-order valence-corrected chi connectivity index (χ0v) is 13.2. The Labute approximate surface area is 128 Å². The van der Waals surface area contributed by atoms with E-state index in [4.69, 9.17) is 16.2 Å². The van der Waals surface area contributed by atoms with Gasteiger partial charge in [-0.15, -0.1) is 0 Å². The van der Waals surface area contributed by atoms with Gasteiger partial charge in [0.25, 0.3) is 0 Å². The molecule has 2 saturated heterocycles. The molecule has 0 aliphatic carbocycles. The van der Waals surface area contributed by atoms with Crippen LogP contribution in [-0.4, -0.2) is 50.9 Å². The van der Waals surface area contributed by atoms with Crippen molar-refractivity contribution in [1.82, 2.24) is 15.6 Å². The number of anilines is 1. The number of nitrogens with one attached hydrogen (secondary N) is 2. The molecule has 122 valence electrons. The number of nitrogen functional groups attached to an aromatic ring is 1. The van der Waals surface area contributed by atoms with Crippen LogP contribution in [0.15, 0.2) is 24.5 Å². The number of pyridine rings is 1. The normalized spacial score (nSPS) is 16.3. The van der Waals surface area contributed by atoms with Crippen molar-refractivity contribution in [2.24, 2.45) is 5.73 Å². The largest absolute Gasteiger partial charge is 0.397 e. The molecule has 0 bridgehead atoms. The van der Waals surface area contributed by atoms with E-state index >= 15 is 0 Å². The standard InChI is InChI=1S/C5H6N2.C4H9NO.C4H9N.C2H7N/c6-5-2-1-3-7-4-5;1-3-6-4-2-5-1;1-2-4-5-3-1;1-2-3/h1-4H,6H2;5H,1-4H2;5H,1-4H2;2-3H2,1H3. The number of ether oxygens (including phenoxy) is 1. The topological polar surface area (TPSA) is 98.2 Å². The summed E-state index contributed by atoms with van der Waals surface area (Å²) in [6.07, 6.45) is 6.08. The molecule has 0 unspecified atom stereocenters. The van der Waals surface area contributed by atoms with E-state index in [0.29, 0.717) is 5.69 Å². The molecule has 1 aromatic rings. The van der Waals surface area contributed by atoms with Gasteiger partial charge in [0.2, 0.25) is 0 Å². The minimum atomic E-state index is 0.711. The van der Waals surface area contributed by atoms with Crippen LogP contribution in [0.1, 0.15) is 19.8 Å². The Bertz CT molecular complexity index is 270. The van der Waals surface area contributed by atoms with E-state index in [2.05, 4.69) is 15.6 Å². The van der Waals surface area contributed by atoms with Crippen LogP contribution < -0.4 is 22.1 Å². The van der Waals surface area contributed by atoms with Crippen molar-refractivity contribution in [2.45, 2.75) is 19.8 Å². The van der Waals surface area contributed by atoms with E-state index in [-0.39, 0.29) is 0 Å². The van der Waals surface area contributed by atoms with Crippen LogP contribution in [0.3, 0.4) is 0 Å². The van der Waals surface area contributed by atoms with Crippen LogP contribution in [0, 0.1) is 0 Å². The van der Waals surface area contributed by atoms with Crippen LogP contribution in [-0.2, 0) is 4.74 Å². The number of rotatable bonds is 0. The quantitative estimate of drug-likeness (QED) is 0.560. The highest BCUT2D eigenvalue weighted by Crippen LogP contribution is 1.92. The minimum absolute atomic E-state index is 0.711. The summed E-state index contributed by atoms with van der Waals surface area (Å²) in [5.74, 6) is 0. The van der Waals surface area contributed by atoms with E-state index < -0.39 is 0 Å². The predicted octanol–water partition coefficient (Wildman–Crippen LogP) is 0.605. The fraction of sp³-hybridized carbons (Fsp3) is 0.667. The number of hydrogen-bond acceptors (Lipinski definition) is 6. The first kappa shape index (κ1) is 19.8. The summed E-state index contributed by atoms with van der Waals surface area (Å²) >= 11 is 0. The second-order valence-corrected chi connectivity index (χ2v) is 4.51. The number of nitrogens with two attached hydrogens (primary N) is 2. The van der Waals surface area contributed by atoms with Crippen molar-refractivity contribution in [2.75, 3.05) is 51.7 Å². The lowest BCUT2D eigenvalue weighted by Gasteiger charge is -2.10. The van der Waals surface area contributed by atoms with Gasteiger partial charge < -0.3 is 26.8 Å². The van der Waals surface area contributed by atoms with E-state index in [0.717, 1.165) is 32.8 Å². The monoisotopic (exact) mass is 297 g/mol. The molecule has 0 spiro atoms. The van der Waals surface area contributed by atoms with Crippen molar-refractivity contribution in [1.29, 1.82) is 0 Å². The summed E-state index contributed by atoms with van der Waals surface area (Å²) in [7, 11) is 0. The smallest absolute Gasteiger partial charge is 0.0591 e. The third-order valence-corrected chi connectivity index (χ3v) is 2.49. The molecule has 1 aromatic heterocycles. The molecule has 0 amide bonds. The van der Waals surface area contributed by atoms with Gasteiger partial charge in [-0.3, -0.25) is 4.98 Å². The summed E-state index contributed by atoms with van der Waals surface area (Å²) in [5.41, 5.74) is 10.9. The second kappa shape index (κ2) is 16.8. The summed E-state index contributed by atoms with van der Waals surface area (Å²) in [4.78, 5) is 3.76. The summed E-state index contributed by atoms with van der Waals surface area (Å²) in [5, 5.41) is 6.38. The van der Waals surface area contributed by atoms with Crippen molar-refractivity contribution in [3.63, 3.8) is 0 Å². The van der Waals surface area contributed by atoms with E-state index in [1.165, 1.54) is 25.9 Å². The molecule has 2 aliphatic rings. The molecule has 21 heavy (non-hydrogen) atoms. The van der Waals surface area contributed by atoms with Crippen molar-refractivity contribution in [3.05, 3.63) is 24.5 Å². The molecule has 0 radical (unpaired) electrons. The third-order valence-electron chi connectivity index (χ3n) is 2.49. The molecule has 2 fully saturated rings. The lowest BCUT2D eigenvalue weighted by atomic mass is 10.4. The average Bonchev–Trinajstić information content (AvgIpc) is 3.11. The molecule has 0 saturated carbocycles. The fourth-order valence-electron chi connectivity index (χ4n) is 1.52. The molecule has 2 aliphatic heterocycles. The number of aromatic nitrogens is 1. The van der Waals surface area contributed by atoms with Crippen molar-refractivity contribution in [3.8, 4) is 0 Å². The molecule has 3 heterocycles. The zero-order valence-electron chi connectivity index (χ0n) is 13.2. The van der Waals surface area contributed by atoms with Gasteiger partial charge in [0.15, 0.2) is 0 Å². The van der Waals surface area contributed by atoms with Gasteiger partial charge in [0.1, 0.15) is 0 Å². The van der Waals surface area contributed by atoms with Crippen LogP contribution in [0.4, 0.5) is 5.69 Å². The predicted molar refractivity (Wildman–Crippen MR) is 89.2 cm³/mol. The zero-order chi connectivity index (χ0) is 15.6. The van der Waals surface area contributed by atoms with Gasteiger partial charge in [0.05, 0.1) is 18.9 Å². The second-order valence-electron chi connectivity index (χ2n) is 4.51. The van der Waals surface area contributed by atoms with Gasteiger partial charge in [-0.25, -0.2) is 0 Å². The third kappa shape index (κ3) is 16.7. The lowest BCUT2D eigenvalue weighted by Crippen LogP contribution is -2.30. The number of morpholine rings is 1. The highest BCUT2D eigenvalue weighted by Gasteiger charge is 1.93. The van der Waals surface area contributed by atoms with E-state index in [9.17, 15) is 0 Å². The molecular weight excluding hydrogens is 266 g/mol. The maximum Gasteiger partial charge on any atom is 0.0591 e.